The molecule has 7 nitrogen and oxygen atoms in total. The molecule has 2 aromatic rings. The van der Waals surface area contributed by atoms with Gasteiger partial charge in [-0.15, -0.1) is 0 Å². The van der Waals surface area contributed by atoms with Crippen molar-refractivity contribution in [3.05, 3.63) is 47.9 Å². The van der Waals surface area contributed by atoms with Crippen LogP contribution in [0.3, 0.4) is 0 Å². The second-order valence-electron chi connectivity index (χ2n) is 8.38. The maximum atomic E-state index is 12.9. The molecule has 2 fully saturated rings. The van der Waals surface area contributed by atoms with E-state index in [0.717, 1.165) is 24.0 Å². The van der Waals surface area contributed by atoms with E-state index < -0.39 is 14.6 Å². The van der Waals surface area contributed by atoms with Gasteiger partial charge < -0.3 is 9.42 Å². The second-order valence-corrected chi connectivity index (χ2v) is 10.8. The van der Waals surface area contributed by atoms with Crippen molar-refractivity contribution in [2.75, 3.05) is 18.8 Å². The summed E-state index contributed by atoms with van der Waals surface area (Å²) < 4.78 is 30.4. The van der Waals surface area contributed by atoms with Crippen LogP contribution in [0, 0.1) is 12.8 Å². The molecule has 0 saturated carbocycles. The number of rotatable bonds is 3. The van der Waals surface area contributed by atoms with Gasteiger partial charge in [0.15, 0.2) is 9.84 Å². The highest BCUT2D eigenvalue weighted by atomic mass is 32.2. The first-order chi connectivity index (χ1) is 13.9. The molecular formula is C21H23N3O4S. The standard InChI is InChI=1S/C21H23N3O4S/c1-14-5-4-8-16(11-14)18-22-19(28-23-18)17-9-10-29(26,27)21(17)12-24(13-21)20(25)15-6-2-3-7-15/h2-5,8,11,15,17H,6-7,9-10,12-13H2,1H3. The summed E-state index contributed by atoms with van der Waals surface area (Å²) >= 11 is 0. The highest BCUT2D eigenvalue weighted by Gasteiger charge is 2.64. The fraction of sp³-hybridized carbons (Fsp3) is 0.476. The minimum absolute atomic E-state index is 0.0486. The van der Waals surface area contributed by atoms with E-state index >= 15 is 0 Å². The minimum Gasteiger partial charge on any atom is -0.339 e. The minimum atomic E-state index is -3.34. The summed E-state index contributed by atoms with van der Waals surface area (Å²) in [4.78, 5) is 18.9. The van der Waals surface area contributed by atoms with Gasteiger partial charge in [-0.2, -0.15) is 4.98 Å². The van der Waals surface area contributed by atoms with Crippen LogP contribution in [0.4, 0.5) is 0 Å². The van der Waals surface area contributed by atoms with Crippen molar-refractivity contribution in [2.24, 2.45) is 5.92 Å². The van der Waals surface area contributed by atoms with Gasteiger partial charge >= 0.3 is 0 Å². The SMILES string of the molecule is Cc1cccc(-c2noc(C3CCS(=O)(=O)C34CN(C(=O)C3CC=CC3)C4)n2)c1. The topological polar surface area (TPSA) is 93.4 Å². The molecule has 8 heteroatoms. The van der Waals surface area contributed by atoms with E-state index in [0.29, 0.717) is 18.1 Å². The molecule has 29 heavy (non-hydrogen) atoms. The fourth-order valence-electron chi connectivity index (χ4n) is 4.83. The van der Waals surface area contributed by atoms with Crippen LogP contribution in [0.15, 0.2) is 40.9 Å². The number of hydrogen-bond donors (Lipinski definition) is 0. The van der Waals surface area contributed by atoms with Crippen molar-refractivity contribution < 1.29 is 17.7 Å². The van der Waals surface area contributed by atoms with Crippen molar-refractivity contribution in [3.63, 3.8) is 0 Å². The summed E-state index contributed by atoms with van der Waals surface area (Å²) in [7, 11) is -3.34. The number of sulfone groups is 1. The number of benzene rings is 1. The quantitative estimate of drug-likeness (QED) is 0.718. The Hall–Kier alpha value is -2.48. The third kappa shape index (κ3) is 2.84. The summed E-state index contributed by atoms with van der Waals surface area (Å²) in [5.74, 6) is 0.542. The Labute approximate surface area is 169 Å². The monoisotopic (exact) mass is 413 g/mol. The summed E-state index contributed by atoms with van der Waals surface area (Å²) in [5, 5.41) is 4.09. The van der Waals surface area contributed by atoms with Gasteiger partial charge in [-0.05, 0) is 32.3 Å². The van der Waals surface area contributed by atoms with E-state index in [1.54, 1.807) is 4.90 Å². The molecule has 1 atom stereocenters. The maximum Gasteiger partial charge on any atom is 0.231 e. The van der Waals surface area contributed by atoms with E-state index in [1.165, 1.54) is 0 Å². The number of hydrogen-bond acceptors (Lipinski definition) is 6. The molecule has 3 aliphatic rings. The maximum absolute atomic E-state index is 12.9. The molecule has 1 aliphatic carbocycles. The van der Waals surface area contributed by atoms with E-state index in [1.807, 2.05) is 43.3 Å². The lowest BCUT2D eigenvalue weighted by Gasteiger charge is -2.49. The number of nitrogens with zero attached hydrogens (tertiary/aromatic N) is 3. The Morgan fingerprint density at radius 2 is 2.00 bits per heavy atom. The van der Waals surface area contributed by atoms with Crippen LogP contribution >= 0.6 is 0 Å². The van der Waals surface area contributed by atoms with Crippen molar-refractivity contribution in [1.82, 2.24) is 15.0 Å². The first kappa shape index (κ1) is 18.5. The zero-order valence-electron chi connectivity index (χ0n) is 16.2. The van der Waals surface area contributed by atoms with Gasteiger partial charge in [0.05, 0.1) is 11.7 Å². The lowest BCUT2D eigenvalue weighted by atomic mass is 9.82. The number of carbonyl (C=O) groups excluding carboxylic acids is 1. The predicted octanol–water partition coefficient (Wildman–Crippen LogP) is 2.49. The van der Waals surface area contributed by atoms with Crippen molar-refractivity contribution in [3.8, 4) is 11.4 Å². The summed E-state index contributed by atoms with van der Waals surface area (Å²) in [6.07, 6.45) is 5.95. The summed E-state index contributed by atoms with van der Waals surface area (Å²) in [5.41, 5.74) is 1.93. The second kappa shape index (κ2) is 6.52. The van der Waals surface area contributed by atoms with Crippen molar-refractivity contribution in [1.29, 1.82) is 0 Å². The first-order valence-electron chi connectivity index (χ1n) is 9.96. The molecular weight excluding hydrogens is 390 g/mol. The summed E-state index contributed by atoms with van der Waals surface area (Å²) in [6, 6.07) is 7.79. The molecule has 152 valence electrons. The van der Waals surface area contributed by atoms with E-state index in [9.17, 15) is 13.2 Å². The van der Waals surface area contributed by atoms with Gasteiger partial charge in [0.25, 0.3) is 0 Å². The third-order valence-electron chi connectivity index (χ3n) is 6.53. The molecule has 0 bridgehead atoms. The number of likely N-dealkylation sites (tertiary alicyclic amines) is 1. The number of carbonyl (C=O) groups is 1. The Bertz CT molecular complexity index is 1090. The molecule has 2 saturated heterocycles. The van der Waals surface area contributed by atoms with E-state index in [2.05, 4.69) is 10.1 Å². The van der Waals surface area contributed by atoms with Gasteiger partial charge in [-0.25, -0.2) is 8.42 Å². The molecule has 1 unspecified atom stereocenters. The highest BCUT2D eigenvalue weighted by Crippen LogP contribution is 2.50. The van der Waals surface area contributed by atoms with Crippen molar-refractivity contribution in [2.45, 2.75) is 36.9 Å². The van der Waals surface area contributed by atoms with Gasteiger partial charge in [0.2, 0.25) is 17.6 Å². The Morgan fingerprint density at radius 3 is 2.72 bits per heavy atom. The Morgan fingerprint density at radius 1 is 1.24 bits per heavy atom. The molecule has 3 heterocycles. The Balaban J connectivity index is 1.40. The van der Waals surface area contributed by atoms with E-state index in [-0.39, 0.29) is 36.6 Å². The van der Waals surface area contributed by atoms with Crippen LogP contribution in [-0.2, 0) is 14.6 Å². The predicted molar refractivity (Wildman–Crippen MR) is 107 cm³/mol. The van der Waals surface area contributed by atoms with Crippen LogP contribution in [0.25, 0.3) is 11.4 Å². The molecule has 1 aromatic carbocycles. The van der Waals surface area contributed by atoms with Gasteiger partial charge in [-0.3, -0.25) is 4.79 Å². The van der Waals surface area contributed by atoms with Crippen LogP contribution in [0.5, 0.6) is 0 Å². The number of aromatic nitrogens is 2. The van der Waals surface area contributed by atoms with Gasteiger partial charge in [-0.1, -0.05) is 41.1 Å². The number of aryl methyl sites for hydroxylation is 1. The highest BCUT2D eigenvalue weighted by molar-refractivity contribution is 7.93. The lowest BCUT2D eigenvalue weighted by Crippen LogP contribution is -2.68. The number of allylic oxidation sites excluding steroid dienone is 2. The van der Waals surface area contributed by atoms with Crippen LogP contribution in [-0.4, -0.2) is 53.0 Å². The van der Waals surface area contributed by atoms with Crippen LogP contribution in [0.1, 0.15) is 36.6 Å². The third-order valence-corrected chi connectivity index (χ3v) is 9.09. The normalized spacial score (nSPS) is 24.9. The number of amides is 1. The van der Waals surface area contributed by atoms with Crippen molar-refractivity contribution >= 4 is 15.7 Å². The molecule has 2 aliphatic heterocycles. The molecule has 0 N–H and O–H groups in total. The average Bonchev–Trinajstić information content (AvgIpc) is 3.38. The smallest absolute Gasteiger partial charge is 0.231 e. The zero-order valence-corrected chi connectivity index (χ0v) is 17.1. The molecule has 1 aromatic heterocycles. The van der Waals surface area contributed by atoms with E-state index in [4.69, 9.17) is 4.52 Å². The van der Waals surface area contributed by atoms with Gasteiger partial charge in [0.1, 0.15) is 4.75 Å². The largest absolute Gasteiger partial charge is 0.339 e. The lowest BCUT2D eigenvalue weighted by molar-refractivity contribution is -0.141. The van der Waals surface area contributed by atoms with Gasteiger partial charge in [0, 0.05) is 24.6 Å². The molecule has 1 amide bonds. The first-order valence-corrected chi connectivity index (χ1v) is 11.6. The molecule has 1 spiro atoms. The molecule has 5 rings (SSSR count). The van der Waals surface area contributed by atoms with Crippen LogP contribution < -0.4 is 0 Å². The Kier molecular flexibility index (Phi) is 4.17. The zero-order chi connectivity index (χ0) is 20.2. The fourth-order valence-corrected chi connectivity index (χ4v) is 7.14. The molecule has 0 radical (unpaired) electrons. The van der Waals surface area contributed by atoms with Crippen LogP contribution in [0.2, 0.25) is 0 Å². The summed E-state index contributed by atoms with van der Waals surface area (Å²) in [6.45, 7) is 2.43. The average molecular weight is 413 g/mol.